The molecule has 7 heteroatoms. The predicted molar refractivity (Wildman–Crippen MR) is 117 cm³/mol. The molecule has 2 rings (SSSR count). The van der Waals surface area contributed by atoms with Gasteiger partial charge in [-0.1, -0.05) is 55.3 Å². The Hall–Kier alpha value is -3.30. The van der Waals surface area contributed by atoms with E-state index in [9.17, 15) is 14.9 Å². The number of nitriles is 1. The maximum Gasteiger partial charge on any atom is 0.340 e. The largest absolute Gasteiger partial charge is 0.462 e. The first-order valence-corrected chi connectivity index (χ1v) is 10.1. The van der Waals surface area contributed by atoms with Crippen molar-refractivity contribution in [2.24, 2.45) is 0 Å². The number of nitrogens with zero attached hydrogens (tertiary/aromatic N) is 1. The van der Waals surface area contributed by atoms with E-state index in [4.69, 9.17) is 16.3 Å². The van der Waals surface area contributed by atoms with Gasteiger partial charge in [-0.3, -0.25) is 4.79 Å². The molecule has 2 N–H and O–H groups in total. The van der Waals surface area contributed by atoms with Gasteiger partial charge in [-0.05, 0) is 36.6 Å². The number of ether oxygens (including phenoxy) is 1. The fourth-order valence-electron chi connectivity index (χ4n) is 2.58. The number of esters is 1. The zero-order chi connectivity index (χ0) is 21.8. The van der Waals surface area contributed by atoms with E-state index in [-0.39, 0.29) is 11.1 Å². The zero-order valence-electron chi connectivity index (χ0n) is 16.8. The van der Waals surface area contributed by atoms with Crippen LogP contribution in [0.5, 0.6) is 0 Å². The Balaban J connectivity index is 1.98. The van der Waals surface area contributed by atoms with Crippen molar-refractivity contribution >= 4 is 29.2 Å². The first-order valence-electron chi connectivity index (χ1n) is 9.71. The molecule has 2 aromatic rings. The van der Waals surface area contributed by atoms with Crippen LogP contribution >= 0.6 is 11.6 Å². The van der Waals surface area contributed by atoms with Gasteiger partial charge in [0.1, 0.15) is 11.6 Å². The van der Waals surface area contributed by atoms with E-state index >= 15 is 0 Å². The van der Waals surface area contributed by atoms with Crippen LogP contribution in [0.2, 0.25) is 5.02 Å². The molecular weight excluding hydrogens is 402 g/mol. The predicted octanol–water partition coefficient (Wildman–Crippen LogP) is 4.48. The maximum atomic E-state index is 12.5. The molecule has 0 unspecified atom stereocenters. The smallest absolute Gasteiger partial charge is 0.340 e. The molecule has 0 saturated carbocycles. The molecule has 0 bridgehead atoms. The minimum Gasteiger partial charge on any atom is -0.462 e. The van der Waals surface area contributed by atoms with Crippen molar-refractivity contribution in [3.8, 4) is 6.07 Å². The van der Waals surface area contributed by atoms with E-state index in [1.165, 1.54) is 6.20 Å². The molecule has 156 valence electrons. The van der Waals surface area contributed by atoms with Gasteiger partial charge in [0.15, 0.2) is 0 Å². The van der Waals surface area contributed by atoms with Crippen molar-refractivity contribution in [2.75, 3.05) is 18.5 Å². The van der Waals surface area contributed by atoms with Crippen LogP contribution in [0.1, 0.15) is 35.7 Å². The minimum absolute atomic E-state index is 0.108. The number of carbonyl (C=O) groups is 2. The molecule has 0 aliphatic heterocycles. The second-order valence-corrected chi connectivity index (χ2v) is 6.86. The van der Waals surface area contributed by atoms with Gasteiger partial charge in [0.25, 0.3) is 5.91 Å². The fourth-order valence-corrected chi connectivity index (χ4v) is 2.81. The number of benzene rings is 2. The van der Waals surface area contributed by atoms with Gasteiger partial charge in [-0.25, -0.2) is 4.79 Å². The number of para-hydroxylation sites is 1. The highest BCUT2D eigenvalue weighted by atomic mass is 35.5. The molecule has 0 aromatic heterocycles. The lowest BCUT2D eigenvalue weighted by Crippen LogP contribution is -2.19. The van der Waals surface area contributed by atoms with Crippen LogP contribution in [-0.4, -0.2) is 25.0 Å². The highest BCUT2D eigenvalue weighted by Crippen LogP contribution is 2.18. The summed E-state index contributed by atoms with van der Waals surface area (Å²) >= 11 is 6.12. The summed E-state index contributed by atoms with van der Waals surface area (Å²) in [4.78, 5) is 24.7. The van der Waals surface area contributed by atoms with Crippen molar-refractivity contribution in [2.45, 2.75) is 26.2 Å². The van der Waals surface area contributed by atoms with Crippen LogP contribution in [0.25, 0.3) is 0 Å². The number of hydrogen-bond acceptors (Lipinski definition) is 5. The van der Waals surface area contributed by atoms with Crippen LogP contribution in [-0.2, 0) is 16.0 Å². The minimum atomic E-state index is -0.614. The zero-order valence-corrected chi connectivity index (χ0v) is 17.5. The van der Waals surface area contributed by atoms with Crippen molar-refractivity contribution in [1.29, 1.82) is 5.26 Å². The number of unbranched alkanes of at least 4 members (excludes halogenated alkanes) is 1. The summed E-state index contributed by atoms with van der Waals surface area (Å²) in [6.45, 7) is 2.82. The molecule has 0 atom stereocenters. The Bertz CT molecular complexity index is 951. The van der Waals surface area contributed by atoms with Gasteiger partial charge in [0.05, 0.1) is 17.9 Å². The summed E-state index contributed by atoms with van der Waals surface area (Å²) in [5.41, 5.74) is 1.40. The van der Waals surface area contributed by atoms with Crippen LogP contribution in [0.3, 0.4) is 0 Å². The molecule has 0 heterocycles. The molecule has 1 amide bonds. The van der Waals surface area contributed by atoms with E-state index in [2.05, 4.69) is 10.6 Å². The molecule has 2 aromatic carbocycles. The third kappa shape index (κ3) is 6.94. The first-order chi connectivity index (χ1) is 14.6. The van der Waals surface area contributed by atoms with Crippen molar-refractivity contribution in [3.05, 3.63) is 76.5 Å². The molecule has 0 aliphatic rings. The lowest BCUT2D eigenvalue weighted by atomic mass is 10.1. The fraction of sp³-hybridized carbons (Fsp3) is 0.261. The summed E-state index contributed by atoms with van der Waals surface area (Å²) in [6.07, 6.45) is 3.67. The van der Waals surface area contributed by atoms with Crippen LogP contribution in [0.4, 0.5) is 5.69 Å². The molecule has 0 fully saturated rings. The van der Waals surface area contributed by atoms with E-state index in [0.717, 1.165) is 18.4 Å². The molecule has 0 spiro atoms. The lowest BCUT2D eigenvalue weighted by Gasteiger charge is -2.11. The van der Waals surface area contributed by atoms with Gasteiger partial charge in [-0.15, -0.1) is 0 Å². The first kappa shape index (κ1) is 23.0. The second kappa shape index (κ2) is 12.3. The standard InChI is InChI=1S/C23H24ClN3O3/c1-2-3-14-30-23(29)19-9-5-7-11-21(19)27-22(28)18(15-25)16-26-13-12-17-8-4-6-10-20(17)24/h4-11,16,26H,2-3,12-14H2,1H3,(H,27,28)/b18-16-. The monoisotopic (exact) mass is 425 g/mol. The number of carbonyl (C=O) groups excluding carboxylic acids is 2. The quantitative estimate of drug-likeness (QED) is 0.253. The number of halogens is 1. The summed E-state index contributed by atoms with van der Waals surface area (Å²) in [6, 6.07) is 15.9. The van der Waals surface area contributed by atoms with Gasteiger partial charge in [0.2, 0.25) is 0 Å². The summed E-state index contributed by atoms with van der Waals surface area (Å²) < 4.78 is 5.22. The Kier molecular flexibility index (Phi) is 9.43. The Morgan fingerprint density at radius 1 is 1.17 bits per heavy atom. The average molecular weight is 426 g/mol. The van der Waals surface area contributed by atoms with E-state index in [1.54, 1.807) is 24.3 Å². The summed E-state index contributed by atoms with van der Waals surface area (Å²) in [7, 11) is 0. The van der Waals surface area contributed by atoms with Gasteiger partial charge in [0, 0.05) is 17.8 Å². The highest BCUT2D eigenvalue weighted by molar-refractivity contribution is 6.31. The Morgan fingerprint density at radius 2 is 1.90 bits per heavy atom. The number of anilines is 1. The van der Waals surface area contributed by atoms with Crippen molar-refractivity contribution in [1.82, 2.24) is 5.32 Å². The lowest BCUT2D eigenvalue weighted by molar-refractivity contribution is -0.112. The van der Waals surface area contributed by atoms with Crippen LogP contribution in [0, 0.1) is 11.3 Å². The maximum absolute atomic E-state index is 12.5. The van der Waals surface area contributed by atoms with Crippen molar-refractivity contribution < 1.29 is 14.3 Å². The Labute approximate surface area is 181 Å². The SMILES string of the molecule is CCCCOC(=O)c1ccccc1NC(=O)/C(C#N)=C\NCCc1ccccc1Cl. The van der Waals surface area contributed by atoms with Gasteiger partial charge < -0.3 is 15.4 Å². The molecule has 0 saturated heterocycles. The molecule has 0 aliphatic carbocycles. The number of amides is 1. The number of nitrogens with one attached hydrogen (secondary N) is 2. The van der Waals surface area contributed by atoms with E-state index < -0.39 is 11.9 Å². The third-order valence-corrected chi connectivity index (χ3v) is 4.60. The average Bonchev–Trinajstić information content (AvgIpc) is 2.75. The van der Waals surface area contributed by atoms with Crippen LogP contribution < -0.4 is 10.6 Å². The highest BCUT2D eigenvalue weighted by Gasteiger charge is 2.16. The molecule has 30 heavy (non-hydrogen) atoms. The number of hydrogen-bond donors (Lipinski definition) is 2. The van der Waals surface area contributed by atoms with Crippen LogP contribution in [0.15, 0.2) is 60.3 Å². The molecule has 0 radical (unpaired) electrons. The Morgan fingerprint density at radius 3 is 2.63 bits per heavy atom. The topological polar surface area (TPSA) is 91.2 Å². The molecular formula is C23H24ClN3O3. The molecule has 6 nitrogen and oxygen atoms in total. The third-order valence-electron chi connectivity index (χ3n) is 4.23. The summed E-state index contributed by atoms with van der Waals surface area (Å²) in [5.74, 6) is -1.13. The number of rotatable bonds is 10. The van der Waals surface area contributed by atoms with E-state index in [1.807, 2.05) is 37.3 Å². The van der Waals surface area contributed by atoms with Gasteiger partial charge in [-0.2, -0.15) is 5.26 Å². The second-order valence-electron chi connectivity index (χ2n) is 6.45. The summed E-state index contributed by atoms with van der Waals surface area (Å²) in [5, 5.41) is 15.6. The van der Waals surface area contributed by atoms with E-state index in [0.29, 0.717) is 30.3 Å². The van der Waals surface area contributed by atoms with Crippen molar-refractivity contribution in [3.63, 3.8) is 0 Å². The normalized spacial score (nSPS) is 10.8. The van der Waals surface area contributed by atoms with Gasteiger partial charge >= 0.3 is 5.97 Å².